The first kappa shape index (κ1) is 9.54. The molecule has 0 unspecified atom stereocenters. The second-order valence-electron chi connectivity index (χ2n) is 3.34. The first-order valence-corrected chi connectivity index (χ1v) is 5.47. The maximum atomic E-state index is 11.3. The fourth-order valence-corrected chi connectivity index (χ4v) is 3.48. The Balaban J connectivity index is 2.73. The number of cyclic esters (lactones) is 1. The van der Waals surface area contributed by atoms with Crippen LogP contribution in [0.25, 0.3) is 0 Å². The lowest BCUT2D eigenvalue weighted by molar-refractivity contribution is -0.152. The summed E-state index contributed by atoms with van der Waals surface area (Å²) >= 11 is 1.78. The summed E-state index contributed by atoms with van der Waals surface area (Å²) in [4.78, 5) is 34.3. The third kappa shape index (κ3) is 1.22. The lowest BCUT2D eigenvalue weighted by atomic mass is 10.0. The maximum Gasteiger partial charge on any atom is 0.381 e. The number of hydrogen-bond donors (Lipinski definition) is 0. The van der Waals surface area contributed by atoms with Crippen LogP contribution in [0.15, 0.2) is 4.79 Å². The molecule has 0 bridgehead atoms. The number of carbonyl (C=O) groups is 2. The molecule has 74 valence electrons. The highest BCUT2D eigenvalue weighted by molar-refractivity contribution is 7.29. The summed E-state index contributed by atoms with van der Waals surface area (Å²) in [5.74, 6) is -1.58. The Kier molecular flexibility index (Phi) is 1.87. The second kappa shape index (κ2) is 2.74. The smallest absolute Gasteiger partial charge is 0.381 e. The second-order valence-corrected chi connectivity index (χ2v) is 5.57. The molecule has 2 rings (SSSR count). The highest BCUT2D eigenvalue weighted by atomic mass is 32.2. The van der Waals surface area contributed by atoms with Crippen LogP contribution < -0.4 is 4.06 Å². The summed E-state index contributed by atoms with van der Waals surface area (Å²) in [5, 5.41) is 0. The van der Waals surface area contributed by atoms with Crippen LogP contribution in [0.4, 0.5) is 0 Å². The molecule has 1 aromatic rings. The molecular formula is C8H6O4S2. The van der Waals surface area contributed by atoms with E-state index in [0.717, 1.165) is 22.7 Å². The number of rotatable bonds is 0. The van der Waals surface area contributed by atoms with Gasteiger partial charge in [-0.1, -0.05) is 22.7 Å². The Hall–Kier alpha value is -1.01. The summed E-state index contributed by atoms with van der Waals surface area (Å²) in [6, 6.07) is 0. The van der Waals surface area contributed by atoms with E-state index in [2.05, 4.69) is 0 Å². The average molecular weight is 230 g/mol. The zero-order chi connectivity index (χ0) is 10.5. The molecule has 2 heterocycles. The van der Waals surface area contributed by atoms with Gasteiger partial charge in [0.1, 0.15) is 10.5 Å². The largest absolute Gasteiger partial charge is 0.448 e. The molecule has 0 atom stereocenters. The van der Waals surface area contributed by atoms with Gasteiger partial charge in [0.25, 0.3) is 9.84 Å². The van der Waals surface area contributed by atoms with Gasteiger partial charge in [0, 0.05) is 0 Å². The van der Waals surface area contributed by atoms with Crippen molar-refractivity contribution in [2.45, 2.75) is 19.4 Å². The van der Waals surface area contributed by atoms with E-state index in [1.807, 2.05) is 0 Å². The summed E-state index contributed by atoms with van der Waals surface area (Å²) in [7, 11) is 0. The van der Waals surface area contributed by atoms with Crippen molar-refractivity contribution in [2.75, 3.05) is 0 Å². The van der Waals surface area contributed by atoms with Crippen LogP contribution in [0.3, 0.4) is 0 Å². The third-order valence-corrected chi connectivity index (χ3v) is 4.32. The topological polar surface area (TPSA) is 60.4 Å². The van der Waals surface area contributed by atoms with Gasteiger partial charge >= 0.3 is 5.97 Å². The normalized spacial score (nSPS) is 19.0. The molecule has 1 aliphatic rings. The summed E-state index contributed by atoms with van der Waals surface area (Å²) in [5.41, 5.74) is -0.857. The van der Waals surface area contributed by atoms with E-state index in [4.69, 9.17) is 4.74 Å². The van der Waals surface area contributed by atoms with E-state index < -0.39 is 17.4 Å². The highest BCUT2D eigenvalue weighted by Gasteiger charge is 2.41. The van der Waals surface area contributed by atoms with Crippen LogP contribution in [0, 0.1) is 0 Å². The number of fused-ring (bicyclic) bond motifs is 1. The number of ketones is 1. The van der Waals surface area contributed by atoms with Crippen molar-refractivity contribution in [3.63, 3.8) is 0 Å². The van der Waals surface area contributed by atoms with Crippen LogP contribution in [-0.4, -0.2) is 11.8 Å². The molecule has 14 heavy (non-hydrogen) atoms. The van der Waals surface area contributed by atoms with Crippen LogP contribution in [0.1, 0.15) is 28.4 Å². The molecule has 0 radical (unpaired) electrons. The van der Waals surface area contributed by atoms with Crippen molar-refractivity contribution in [2.24, 2.45) is 0 Å². The predicted molar refractivity (Wildman–Crippen MR) is 51.9 cm³/mol. The molecule has 1 aliphatic heterocycles. The van der Waals surface area contributed by atoms with E-state index in [1.165, 1.54) is 0 Å². The van der Waals surface area contributed by atoms with Gasteiger partial charge in [-0.3, -0.25) is 9.59 Å². The van der Waals surface area contributed by atoms with Crippen LogP contribution in [-0.2, 0) is 15.1 Å². The van der Waals surface area contributed by atoms with Crippen LogP contribution in [0.2, 0.25) is 0 Å². The van der Waals surface area contributed by atoms with E-state index in [9.17, 15) is 14.4 Å². The first-order chi connectivity index (χ1) is 6.42. The van der Waals surface area contributed by atoms with Gasteiger partial charge in [-0.2, -0.15) is 0 Å². The molecule has 0 fully saturated rings. The zero-order valence-corrected chi connectivity index (χ0v) is 9.08. The van der Waals surface area contributed by atoms with Gasteiger partial charge in [0.2, 0.25) is 0 Å². The average Bonchev–Trinajstić information content (AvgIpc) is 2.44. The minimum Gasteiger partial charge on any atom is -0.448 e. The van der Waals surface area contributed by atoms with Gasteiger partial charge in [-0.15, -0.1) is 0 Å². The molecule has 0 N–H and O–H groups in total. The first-order valence-electron chi connectivity index (χ1n) is 3.84. The quantitative estimate of drug-likeness (QED) is 0.495. The summed E-state index contributed by atoms with van der Waals surface area (Å²) < 4.78 is 4.73. The van der Waals surface area contributed by atoms with Gasteiger partial charge in [-0.05, 0) is 13.8 Å². The molecule has 0 saturated heterocycles. The van der Waals surface area contributed by atoms with Crippen LogP contribution >= 0.6 is 22.7 Å². The molecule has 0 aromatic carbocycles. The molecule has 0 spiro atoms. The Labute approximate surface area is 87.1 Å². The number of hydrogen-bond acceptors (Lipinski definition) is 6. The van der Waals surface area contributed by atoms with Gasteiger partial charge < -0.3 is 4.74 Å². The maximum absolute atomic E-state index is 11.3. The van der Waals surface area contributed by atoms with Crippen molar-refractivity contribution in [3.8, 4) is 0 Å². The lowest BCUT2D eigenvalue weighted by Gasteiger charge is -2.27. The predicted octanol–water partition coefficient (Wildman–Crippen LogP) is 1.14. The van der Waals surface area contributed by atoms with Crippen molar-refractivity contribution in [1.29, 1.82) is 0 Å². The molecule has 4 nitrogen and oxygen atoms in total. The zero-order valence-electron chi connectivity index (χ0n) is 7.45. The minimum absolute atomic E-state index is 0.185. The van der Waals surface area contributed by atoms with Gasteiger partial charge in [-0.25, -0.2) is 4.79 Å². The molecule has 0 aliphatic carbocycles. The molecule has 1 aromatic heterocycles. The monoisotopic (exact) mass is 230 g/mol. The Bertz CT molecular complexity index is 480. The fraction of sp³-hybridized carbons (Fsp3) is 0.375. The van der Waals surface area contributed by atoms with E-state index in [0.29, 0.717) is 4.88 Å². The van der Waals surface area contributed by atoms with Gasteiger partial charge in [0.05, 0.1) is 4.88 Å². The number of esters is 1. The lowest BCUT2D eigenvalue weighted by Crippen LogP contribution is -2.35. The van der Waals surface area contributed by atoms with Crippen molar-refractivity contribution < 1.29 is 14.3 Å². The van der Waals surface area contributed by atoms with E-state index >= 15 is 0 Å². The van der Waals surface area contributed by atoms with Gasteiger partial charge in [0.15, 0.2) is 0 Å². The van der Waals surface area contributed by atoms with Crippen molar-refractivity contribution >= 4 is 34.4 Å². The molecule has 0 amide bonds. The standard InChI is InChI=1S/C8H6O4S2/c1-8(2)5-4(13-7(11)14-5)3(9)6(10)12-8/h1-2H3. The minimum atomic E-state index is -0.878. The SMILES string of the molecule is CC1(C)OC(=O)C(=O)c2sc(=O)sc21. The summed E-state index contributed by atoms with van der Waals surface area (Å²) in [6.45, 7) is 3.33. The van der Waals surface area contributed by atoms with E-state index in [1.54, 1.807) is 13.8 Å². The number of Topliss-reactive ketones (excluding diaryl/α,β-unsaturated/α-hetero) is 1. The molecule has 6 heteroatoms. The van der Waals surface area contributed by atoms with Crippen molar-refractivity contribution in [3.05, 3.63) is 18.6 Å². The van der Waals surface area contributed by atoms with Crippen molar-refractivity contribution in [1.82, 2.24) is 0 Å². The number of ether oxygens (including phenoxy) is 1. The van der Waals surface area contributed by atoms with E-state index in [-0.39, 0.29) is 8.93 Å². The third-order valence-electron chi connectivity index (χ3n) is 1.86. The highest BCUT2D eigenvalue weighted by Crippen LogP contribution is 2.36. The summed E-state index contributed by atoms with van der Waals surface area (Å²) in [6.07, 6.45) is 0. The van der Waals surface area contributed by atoms with Crippen LogP contribution in [0.5, 0.6) is 0 Å². The Morgan fingerprint density at radius 3 is 2.43 bits per heavy atom. The Morgan fingerprint density at radius 1 is 1.14 bits per heavy atom. The molecule has 0 saturated carbocycles. The number of carbonyl (C=O) groups excluding carboxylic acids is 2. The Morgan fingerprint density at radius 2 is 1.79 bits per heavy atom. The molecular weight excluding hydrogens is 224 g/mol. The fourth-order valence-electron chi connectivity index (χ4n) is 1.24.